The molecule has 0 spiro atoms. The monoisotopic (exact) mass is 619 g/mol. The van der Waals surface area contributed by atoms with E-state index in [0.29, 0.717) is 68.3 Å². The quantitative estimate of drug-likeness (QED) is 0.411. The van der Waals surface area contributed by atoms with Crippen LogP contribution in [0.25, 0.3) is 11.1 Å². The van der Waals surface area contributed by atoms with Gasteiger partial charge in [-0.2, -0.15) is 18.3 Å². The molecule has 2 fully saturated rings. The second-order valence-electron chi connectivity index (χ2n) is 11.5. The van der Waals surface area contributed by atoms with Crippen molar-refractivity contribution in [2.45, 2.75) is 57.6 Å². The van der Waals surface area contributed by atoms with Crippen LogP contribution in [-0.4, -0.2) is 89.2 Å². The van der Waals surface area contributed by atoms with E-state index in [-0.39, 0.29) is 18.5 Å². The summed E-state index contributed by atoms with van der Waals surface area (Å²) in [6.07, 6.45) is 0.681. The second kappa shape index (κ2) is 11.8. The van der Waals surface area contributed by atoms with Crippen molar-refractivity contribution in [3.05, 3.63) is 53.6 Å². The summed E-state index contributed by atoms with van der Waals surface area (Å²) in [7, 11) is -3.12. The molecule has 1 atom stereocenters. The molecular weight excluding hydrogens is 583 g/mol. The first-order chi connectivity index (χ1) is 20.2. The highest BCUT2D eigenvalue weighted by Crippen LogP contribution is 2.38. The van der Waals surface area contributed by atoms with E-state index in [9.17, 15) is 26.4 Å². The van der Waals surface area contributed by atoms with E-state index in [2.05, 4.69) is 15.1 Å². The predicted molar refractivity (Wildman–Crippen MR) is 158 cm³/mol. The average Bonchev–Trinajstić information content (AvgIpc) is 3.27. The number of halogens is 3. The fourth-order valence-electron chi connectivity index (χ4n) is 5.93. The van der Waals surface area contributed by atoms with Gasteiger partial charge in [0.15, 0.2) is 0 Å². The number of alkyl halides is 3. The molecule has 2 aliphatic heterocycles. The zero-order valence-electron chi connectivity index (χ0n) is 24.7. The topological polar surface area (TPSA) is 105 Å². The minimum Gasteiger partial charge on any atom is -0.367 e. The van der Waals surface area contributed by atoms with Gasteiger partial charge in [0.1, 0.15) is 16.4 Å². The van der Waals surface area contributed by atoms with Crippen molar-refractivity contribution < 1.29 is 26.4 Å². The lowest BCUT2D eigenvalue weighted by atomic mass is 10.0. The van der Waals surface area contributed by atoms with Gasteiger partial charge in [-0.1, -0.05) is 0 Å². The molecule has 5 rings (SSSR count). The molecule has 14 heteroatoms. The van der Waals surface area contributed by atoms with Crippen molar-refractivity contribution >= 4 is 27.4 Å². The number of carbonyl (C=O) groups is 1. The average molecular weight is 620 g/mol. The molecule has 4 heterocycles. The Morgan fingerprint density at radius 3 is 2.23 bits per heavy atom. The molecule has 0 saturated carbocycles. The lowest BCUT2D eigenvalue weighted by Gasteiger charge is -2.41. The Bertz CT molecular complexity index is 1580. The number of hydrogen-bond acceptors (Lipinski definition) is 8. The molecule has 1 unspecified atom stereocenters. The van der Waals surface area contributed by atoms with E-state index in [0.717, 1.165) is 23.5 Å². The van der Waals surface area contributed by atoms with Crippen LogP contribution in [0.4, 0.5) is 24.8 Å². The summed E-state index contributed by atoms with van der Waals surface area (Å²) < 4.78 is 66.7. The third kappa shape index (κ3) is 6.78. The molecule has 0 N–H and O–H groups in total. The third-order valence-electron chi connectivity index (χ3n) is 8.28. The number of hydrogen-bond donors (Lipinski definition) is 0. The normalized spacial score (nSPS) is 18.8. The van der Waals surface area contributed by atoms with Crippen molar-refractivity contribution in [3.63, 3.8) is 0 Å². The number of sulfone groups is 1. The van der Waals surface area contributed by atoms with E-state index in [1.165, 1.54) is 24.7 Å². The number of anilines is 2. The van der Waals surface area contributed by atoms with Crippen LogP contribution in [0.3, 0.4) is 0 Å². The molecule has 2 aromatic heterocycles. The minimum absolute atomic E-state index is 0.0597. The van der Waals surface area contributed by atoms with Crippen LogP contribution in [0.1, 0.15) is 36.7 Å². The van der Waals surface area contributed by atoms with Gasteiger partial charge in [0.05, 0.1) is 16.5 Å². The van der Waals surface area contributed by atoms with E-state index in [1.54, 1.807) is 9.58 Å². The zero-order valence-corrected chi connectivity index (χ0v) is 25.5. The van der Waals surface area contributed by atoms with Gasteiger partial charge in [-0.15, -0.1) is 0 Å². The van der Waals surface area contributed by atoms with Crippen molar-refractivity contribution in [2.75, 3.05) is 48.8 Å². The summed E-state index contributed by atoms with van der Waals surface area (Å²) in [6, 6.07) is 5.41. The number of amides is 1. The van der Waals surface area contributed by atoms with Crippen molar-refractivity contribution in [1.29, 1.82) is 0 Å². The van der Waals surface area contributed by atoms with Crippen LogP contribution in [-0.2, 0) is 27.4 Å². The number of rotatable bonds is 6. The molecule has 3 aromatic rings. The van der Waals surface area contributed by atoms with Gasteiger partial charge in [0, 0.05) is 79.9 Å². The fourth-order valence-corrected chi connectivity index (χ4v) is 6.99. The summed E-state index contributed by atoms with van der Waals surface area (Å²) in [5, 5.41) is 3.99. The van der Waals surface area contributed by atoms with Crippen molar-refractivity contribution in [1.82, 2.24) is 24.6 Å². The Balaban J connectivity index is 1.35. The maximum Gasteiger partial charge on any atom is 0.416 e. The third-order valence-corrected chi connectivity index (χ3v) is 9.96. The summed E-state index contributed by atoms with van der Waals surface area (Å²) in [5.74, 6) is 0.350. The molecule has 1 aromatic carbocycles. The zero-order chi connectivity index (χ0) is 31.1. The van der Waals surface area contributed by atoms with Gasteiger partial charge in [-0.3, -0.25) is 9.48 Å². The number of carbonyl (C=O) groups excluding carboxylic acids is 1. The largest absolute Gasteiger partial charge is 0.416 e. The number of nitrogens with zero attached hydrogens (tertiary/aromatic N) is 7. The Kier molecular flexibility index (Phi) is 8.43. The maximum atomic E-state index is 13.7. The molecule has 232 valence electrons. The molecule has 0 bridgehead atoms. The number of aromatic nitrogens is 4. The molecule has 2 saturated heterocycles. The lowest BCUT2D eigenvalue weighted by Crippen LogP contribution is -2.55. The van der Waals surface area contributed by atoms with E-state index >= 15 is 0 Å². The van der Waals surface area contributed by atoms with E-state index in [4.69, 9.17) is 0 Å². The van der Waals surface area contributed by atoms with Gasteiger partial charge in [0.2, 0.25) is 11.9 Å². The van der Waals surface area contributed by atoms with Crippen LogP contribution in [0, 0.1) is 13.8 Å². The summed E-state index contributed by atoms with van der Waals surface area (Å²) in [6.45, 7) is 8.09. The number of piperidine rings is 1. The molecule has 43 heavy (non-hydrogen) atoms. The standard InChI is InChI=1S/C29H36F3N7O3S/c1-19-13-20(2)39(35-19)18-27(40)38-12-11-37(17-21(38)3)26-6-5-23(29(30,31)32)14-25(26)22-15-33-28(34-16-22)36-9-7-24(8-10-36)43(4,41)42/h5-6,13-16,21,24H,7-12,17-18H2,1-4H3. The first kappa shape index (κ1) is 30.8. The fraction of sp³-hybridized carbons (Fsp3) is 0.517. The molecular formula is C29H36F3N7O3S. The Morgan fingerprint density at radius 1 is 1.00 bits per heavy atom. The van der Waals surface area contributed by atoms with Gasteiger partial charge in [-0.05, 0) is 57.9 Å². The molecule has 1 amide bonds. The molecule has 10 nitrogen and oxygen atoms in total. The van der Waals surface area contributed by atoms with Gasteiger partial charge in [-0.25, -0.2) is 18.4 Å². The van der Waals surface area contributed by atoms with Crippen LogP contribution < -0.4 is 9.80 Å². The molecule has 2 aliphatic rings. The number of aryl methyl sites for hydroxylation is 2. The SMILES string of the molecule is Cc1cc(C)n(CC(=O)N2CCN(c3ccc(C(F)(F)F)cc3-c3cnc(N4CCC(S(C)(=O)=O)CC4)nc3)CC2C)n1. The van der Waals surface area contributed by atoms with Gasteiger partial charge >= 0.3 is 6.18 Å². The van der Waals surface area contributed by atoms with Crippen LogP contribution >= 0.6 is 0 Å². The number of benzene rings is 1. The highest BCUT2D eigenvalue weighted by Gasteiger charge is 2.34. The number of piperazine rings is 1. The highest BCUT2D eigenvalue weighted by atomic mass is 32.2. The van der Waals surface area contributed by atoms with E-state index < -0.39 is 26.8 Å². The predicted octanol–water partition coefficient (Wildman–Crippen LogP) is 3.73. The Labute approximate surface area is 249 Å². The van der Waals surface area contributed by atoms with Crippen LogP contribution in [0.5, 0.6) is 0 Å². The summed E-state index contributed by atoms with van der Waals surface area (Å²) in [4.78, 5) is 27.7. The Hall–Kier alpha value is -3.68. The Morgan fingerprint density at radius 2 is 1.67 bits per heavy atom. The van der Waals surface area contributed by atoms with Gasteiger partial charge < -0.3 is 14.7 Å². The molecule has 0 aliphatic carbocycles. The van der Waals surface area contributed by atoms with E-state index in [1.807, 2.05) is 36.6 Å². The van der Waals surface area contributed by atoms with Gasteiger partial charge in [0.25, 0.3) is 0 Å². The first-order valence-corrected chi connectivity index (χ1v) is 16.2. The minimum atomic E-state index is -4.53. The molecule has 0 radical (unpaired) electrons. The maximum absolute atomic E-state index is 13.7. The lowest BCUT2D eigenvalue weighted by molar-refractivity contribution is -0.137. The van der Waals surface area contributed by atoms with Crippen molar-refractivity contribution in [3.8, 4) is 11.1 Å². The summed E-state index contributed by atoms with van der Waals surface area (Å²) >= 11 is 0. The highest BCUT2D eigenvalue weighted by molar-refractivity contribution is 7.91. The van der Waals surface area contributed by atoms with Crippen LogP contribution in [0.2, 0.25) is 0 Å². The first-order valence-electron chi connectivity index (χ1n) is 14.2. The smallest absolute Gasteiger partial charge is 0.367 e. The second-order valence-corrected chi connectivity index (χ2v) is 13.8. The van der Waals surface area contributed by atoms with Crippen molar-refractivity contribution in [2.24, 2.45) is 0 Å². The van der Waals surface area contributed by atoms with Crippen LogP contribution in [0.15, 0.2) is 36.7 Å². The summed E-state index contributed by atoms with van der Waals surface area (Å²) in [5.41, 5.74) is 2.36.